The molecular weight excluding hydrogens is 383 g/mol. The lowest BCUT2D eigenvalue weighted by atomic mass is 9.95. The number of rotatable bonds is 3. The van der Waals surface area contributed by atoms with E-state index in [-0.39, 0.29) is 27.9 Å². The van der Waals surface area contributed by atoms with Crippen LogP contribution in [0, 0.1) is 5.82 Å². The highest BCUT2D eigenvalue weighted by molar-refractivity contribution is 9.10. The summed E-state index contributed by atoms with van der Waals surface area (Å²) in [6, 6.07) is 13.1. The third kappa shape index (κ3) is 3.19. The predicted molar refractivity (Wildman–Crippen MR) is 90.0 cm³/mol. The van der Waals surface area contributed by atoms with Crippen molar-refractivity contribution in [2.75, 3.05) is 13.1 Å². The summed E-state index contributed by atoms with van der Waals surface area (Å²) in [7, 11) is -3.76. The zero-order valence-corrected chi connectivity index (χ0v) is 14.6. The number of nitrogens with two attached hydrogens (primary N) is 1. The van der Waals surface area contributed by atoms with E-state index in [1.165, 1.54) is 16.4 Å². The van der Waals surface area contributed by atoms with Crippen molar-refractivity contribution in [1.82, 2.24) is 4.31 Å². The molecule has 1 heterocycles. The summed E-state index contributed by atoms with van der Waals surface area (Å²) in [5, 5.41) is 0. The molecule has 3 rings (SSSR count). The molecular formula is C16H16BrFN2O2S. The Bertz CT molecular complexity index is 814. The molecule has 0 aliphatic carbocycles. The van der Waals surface area contributed by atoms with Crippen LogP contribution >= 0.6 is 15.9 Å². The third-order valence-electron chi connectivity index (χ3n) is 4.09. The largest absolute Gasteiger partial charge is 0.326 e. The van der Waals surface area contributed by atoms with Crippen molar-refractivity contribution in [2.24, 2.45) is 5.73 Å². The molecule has 0 spiro atoms. The van der Waals surface area contributed by atoms with Gasteiger partial charge in [-0.15, -0.1) is 0 Å². The van der Waals surface area contributed by atoms with Crippen LogP contribution in [0.15, 0.2) is 57.9 Å². The Morgan fingerprint density at radius 1 is 1.13 bits per heavy atom. The highest BCUT2D eigenvalue weighted by Gasteiger charge is 2.38. The van der Waals surface area contributed by atoms with Crippen LogP contribution in [0.2, 0.25) is 0 Å². The topological polar surface area (TPSA) is 63.4 Å². The molecule has 0 unspecified atom stereocenters. The molecule has 122 valence electrons. The fraction of sp³-hybridized carbons (Fsp3) is 0.250. The lowest BCUT2D eigenvalue weighted by Gasteiger charge is -2.17. The highest BCUT2D eigenvalue weighted by atomic mass is 79.9. The lowest BCUT2D eigenvalue weighted by molar-refractivity contribution is 0.469. The molecule has 1 aliphatic heterocycles. The Labute approximate surface area is 143 Å². The number of hydrogen-bond acceptors (Lipinski definition) is 3. The fourth-order valence-electron chi connectivity index (χ4n) is 2.83. The van der Waals surface area contributed by atoms with Crippen molar-refractivity contribution >= 4 is 26.0 Å². The van der Waals surface area contributed by atoms with Crippen molar-refractivity contribution in [3.05, 3.63) is 64.4 Å². The van der Waals surface area contributed by atoms with Gasteiger partial charge in [0.15, 0.2) is 0 Å². The first-order chi connectivity index (χ1) is 10.9. The van der Waals surface area contributed by atoms with E-state index in [4.69, 9.17) is 5.73 Å². The molecule has 1 aliphatic rings. The summed E-state index contributed by atoms with van der Waals surface area (Å²) in [5.41, 5.74) is 7.16. The van der Waals surface area contributed by atoms with E-state index in [0.29, 0.717) is 6.54 Å². The van der Waals surface area contributed by atoms with Crippen molar-refractivity contribution in [3.8, 4) is 0 Å². The Kier molecular flexibility index (Phi) is 4.55. The Hall–Kier alpha value is -1.28. The van der Waals surface area contributed by atoms with Crippen LogP contribution in [0.4, 0.5) is 4.39 Å². The van der Waals surface area contributed by atoms with Crippen LogP contribution < -0.4 is 5.73 Å². The standard InChI is InChI=1S/C16H16BrFN2O2S/c17-14-7-6-12(8-15(14)18)23(21,22)20-9-13(16(19)10-20)11-4-2-1-3-5-11/h1-8,13,16H,9-10,19H2/t13-,16+/m0/s1. The maximum atomic E-state index is 13.7. The fourth-order valence-corrected chi connectivity index (χ4v) is 4.59. The summed E-state index contributed by atoms with van der Waals surface area (Å²) in [4.78, 5) is -0.0564. The molecule has 1 saturated heterocycles. The number of nitrogens with zero attached hydrogens (tertiary/aromatic N) is 1. The summed E-state index contributed by atoms with van der Waals surface area (Å²) in [6.07, 6.45) is 0. The average Bonchev–Trinajstić information content (AvgIpc) is 2.93. The van der Waals surface area contributed by atoms with E-state index in [9.17, 15) is 12.8 Å². The Morgan fingerprint density at radius 2 is 1.83 bits per heavy atom. The minimum atomic E-state index is -3.76. The molecule has 2 aromatic rings. The monoisotopic (exact) mass is 398 g/mol. The average molecular weight is 399 g/mol. The van der Waals surface area contributed by atoms with Gasteiger partial charge in [0.05, 0.1) is 9.37 Å². The molecule has 23 heavy (non-hydrogen) atoms. The first-order valence-electron chi connectivity index (χ1n) is 7.15. The molecule has 1 fully saturated rings. The van der Waals surface area contributed by atoms with E-state index in [1.54, 1.807) is 0 Å². The van der Waals surface area contributed by atoms with Gasteiger partial charge in [-0.1, -0.05) is 30.3 Å². The summed E-state index contributed by atoms with van der Waals surface area (Å²) >= 11 is 3.03. The zero-order chi connectivity index (χ0) is 16.6. The van der Waals surface area contributed by atoms with Crippen molar-refractivity contribution in [3.63, 3.8) is 0 Å². The van der Waals surface area contributed by atoms with Crippen molar-refractivity contribution in [1.29, 1.82) is 0 Å². The van der Waals surface area contributed by atoms with Crippen LogP contribution in [0.25, 0.3) is 0 Å². The highest BCUT2D eigenvalue weighted by Crippen LogP contribution is 2.31. The van der Waals surface area contributed by atoms with Gasteiger partial charge in [-0.25, -0.2) is 12.8 Å². The maximum absolute atomic E-state index is 13.7. The van der Waals surface area contributed by atoms with Gasteiger partial charge in [0.25, 0.3) is 0 Å². The van der Waals surface area contributed by atoms with Gasteiger partial charge in [-0.05, 0) is 39.7 Å². The molecule has 2 atom stereocenters. The molecule has 2 N–H and O–H groups in total. The molecule has 4 nitrogen and oxygen atoms in total. The van der Waals surface area contributed by atoms with Gasteiger partial charge in [0.1, 0.15) is 5.82 Å². The Morgan fingerprint density at radius 3 is 2.48 bits per heavy atom. The Balaban J connectivity index is 1.88. The zero-order valence-electron chi connectivity index (χ0n) is 12.2. The van der Waals surface area contributed by atoms with Crippen LogP contribution in [0.3, 0.4) is 0 Å². The van der Waals surface area contributed by atoms with Crippen LogP contribution in [-0.4, -0.2) is 31.9 Å². The second-order valence-electron chi connectivity index (χ2n) is 5.58. The molecule has 0 radical (unpaired) electrons. The first kappa shape index (κ1) is 16.6. The van der Waals surface area contributed by atoms with Gasteiger partial charge < -0.3 is 5.73 Å². The van der Waals surface area contributed by atoms with E-state index in [0.717, 1.165) is 11.6 Å². The first-order valence-corrected chi connectivity index (χ1v) is 9.38. The molecule has 7 heteroatoms. The van der Waals surface area contributed by atoms with E-state index < -0.39 is 15.8 Å². The van der Waals surface area contributed by atoms with Gasteiger partial charge >= 0.3 is 0 Å². The van der Waals surface area contributed by atoms with Crippen molar-refractivity contribution in [2.45, 2.75) is 16.9 Å². The molecule has 0 bridgehead atoms. The second-order valence-corrected chi connectivity index (χ2v) is 8.37. The van der Waals surface area contributed by atoms with Crippen LogP contribution in [-0.2, 0) is 10.0 Å². The normalized spacial score (nSPS) is 22.4. The quantitative estimate of drug-likeness (QED) is 0.864. The van der Waals surface area contributed by atoms with E-state index >= 15 is 0 Å². The predicted octanol–water partition coefficient (Wildman–Crippen LogP) is 2.70. The molecule has 0 saturated carbocycles. The maximum Gasteiger partial charge on any atom is 0.243 e. The van der Waals surface area contributed by atoms with Gasteiger partial charge in [-0.2, -0.15) is 4.31 Å². The molecule has 0 amide bonds. The number of benzene rings is 2. The SMILES string of the molecule is N[C@@H]1CN(S(=O)(=O)c2ccc(Br)c(F)c2)C[C@H]1c1ccccc1. The van der Waals surface area contributed by atoms with Gasteiger partial charge in [-0.3, -0.25) is 0 Å². The van der Waals surface area contributed by atoms with Gasteiger partial charge in [0, 0.05) is 25.0 Å². The third-order valence-corrected chi connectivity index (χ3v) is 6.56. The lowest BCUT2D eigenvalue weighted by Crippen LogP contribution is -2.32. The van der Waals surface area contributed by atoms with Gasteiger partial charge in [0.2, 0.25) is 10.0 Å². The summed E-state index contributed by atoms with van der Waals surface area (Å²) in [6.45, 7) is 0.519. The number of halogens is 2. The van der Waals surface area contributed by atoms with Crippen LogP contribution in [0.5, 0.6) is 0 Å². The molecule has 0 aromatic heterocycles. The molecule has 2 aromatic carbocycles. The second kappa shape index (κ2) is 6.32. The summed E-state index contributed by atoms with van der Waals surface area (Å²) in [5.74, 6) is -0.666. The van der Waals surface area contributed by atoms with E-state index in [2.05, 4.69) is 15.9 Å². The minimum Gasteiger partial charge on any atom is -0.326 e. The van der Waals surface area contributed by atoms with Crippen LogP contribution in [0.1, 0.15) is 11.5 Å². The summed E-state index contributed by atoms with van der Waals surface area (Å²) < 4.78 is 40.6. The minimum absolute atomic E-state index is 0.0564. The van der Waals surface area contributed by atoms with Crippen molar-refractivity contribution < 1.29 is 12.8 Å². The smallest absolute Gasteiger partial charge is 0.243 e. The number of hydrogen-bond donors (Lipinski definition) is 1. The van der Waals surface area contributed by atoms with E-state index in [1.807, 2.05) is 30.3 Å². The number of sulfonamides is 1.